The van der Waals surface area contributed by atoms with Crippen LogP contribution < -0.4 is 4.74 Å². The van der Waals surface area contributed by atoms with Crippen LogP contribution in [0, 0.1) is 5.41 Å². The molecule has 1 saturated heterocycles. The van der Waals surface area contributed by atoms with E-state index in [0.717, 1.165) is 29.7 Å². The Bertz CT molecular complexity index is 882. The van der Waals surface area contributed by atoms with Gasteiger partial charge in [-0.25, -0.2) is 0 Å². The molecule has 0 radical (unpaired) electrons. The topological polar surface area (TPSA) is 70.0 Å². The second-order valence-corrected chi connectivity index (χ2v) is 8.43. The summed E-state index contributed by atoms with van der Waals surface area (Å²) in [4.78, 5) is 14.5. The zero-order chi connectivity index (χ0) is 20.4. The summed E-state index contributed by atoms with van der Waals surface area (Å²) in [6, 6.07) is 14.0. The van der Waals surface area contributed by atoms with Crippen LogP contribution in [-0.4, -0.2) is 47.4 Å². The van der Waals surface area contributed by atoms with Crippen LogP contribution in [0.5, 0.6) is 5.75 Å². The van der Waals surface area contributed by atoms with Gasteiger partial charge in [0, 0.05) is 25.2 Å². The number of methoxy groups -OCH3 is 1. The average Bonchev–Trinajstić information content (AvgIpc) is 3.17. The maximum absolute atomic E-state index is 12.4. The van der Waals surface area contributed by atoms with Crippen molar-refractivity contribution in [3.05, 3.63) is 64.7 Å². The molecular formula is C24H29NO4. The Morgan fingerprint density at radius 3 is 2.62 bits per heavy atom. The van der Waals surface area contributed by atoms with E-state index in [9.17, 15) is 15.0 Å². The minimum Gasteiger partial charge on any atom is -0.496 e. The fourth-order valence-corrected chi connectivity index (χ4v) is 4.93. The molecule has 0 aromatic heterocycles. The van der Waals surface area contributed by atoms with Gasteiger partial charge in [0.15, 0.2) is 0 Å². The molecule has 0 unspecified atom stereocenters. The summed E-state index contributed by atoms with van der Waals surface area (Å²) in [7, 11) is 1.69. The Morgan fingerprint density at radius 1 is 1.21 bits per heavy atom. The van der Waals surface area contributed by atoms with Crippen molar-refractivity contribution in [3.8, 4) is 5.75 Å². The number of hydrogen-bond donors (Lipinski definition) is 2. The minimum absolute atomic E-state index is 0.318. The van der Waals surface area contributed by atoms with Gasteiger partial charge >= 0.3 is 5.97 Å². The lowest BCUT2D eigenvalue weighted by Crippen LogP contribution is -2.56. The Morgan fingerprint density at radius 2 is 1.93 bits per heavy atom. The van der Waals surface area contributed by atoms with E-state index in [2.05, 4.69) is 17.0 Å². The monoisotopic (exact) mass is 395 g/mol. The third kappa shape index (κ3) is 3.89. The van der Waals surface area contributed by atoms with Crippen LogP contribution in [0.1, 0.15) is 35.1 Å². The number of rotatable bonds is 6. The first-order chi connectivity index (χ1) is 14.0. The molecule has 1 fully saturated rings. The zero-order valence-electron chi connectivity index (χ0n) is 16.9. The van der Waals surface area contributed by atoms with Gasteiger partial charge in [0.2, 0.25) is 0 Å². The first-order valence-corrected chi connectivity index (χ1v) is 10.4. The lowest BCUT2D eigenvalue weighted by atomic mass is 9.72. The second-order valence-electron chi connectivity index (χ2n) is 8.43. The van der Waals surface area contributed by atoms with Gasteiger partial charge in [-0.15, -0.1) is 0 Å². The fraction of sp³-hybridized carbons (Fsp3) is 0.458. The van der Waals surface area contributed by atoms with E-state index in [-0.39, 0.29) is 0 Å². The third-order valence-corrected chi connectivity index (χ3v) is 6.54. The molecule has 0 bridgehead atoms. The number of aliphatic carboxylic acids is 1. The summed E-state index contributed by atoms with van der Waals surface area (Å²) in [6.07, 6.45) is 3.28. The summed E-state index contributed by atoms with van der Waals surface area (Å²) in [6.45, 7) is 1.62. The van der Waals surface area contributed by atoms with Crippen molar-refractivity contribution >= 4 is 5.97 Å². The number of aliphatic hydroxyl groups is 1. The number of piperidine rings is 1. The SMILES string of the molecule is COc1cc2c(cc1CN1CC[C@H](O)[C@](Cc3ccccc3)(C(=O)O)C1)CCC2. The largest absolute Gasteiger partial charge is 0.496 e. The first kappa shape index (κ1) is 19.9. The number of aryl methyl sites for hydroxylation is 2. The number of ether oxygens (including phenoxy) is 1. The van der Waals surface area contributed by atoms with Crippen molar-refractivity contribution in [3.63, 3.8) is 0 Å². The molecule has 2 atom stereocenters. The summed E-state index contributed by atoms with van der Waals surface area (Å²) in [5.74, 6) is -0.0553. The van der Waals surface area contributed by atoms with Crippen molar-refractivity contribution in [2.24, 2.45) is 5.41 Å². The van der Waals surface area contributed by atoms with E-state index in [0.29, 0.717) is 32.5 Å². The summed E-state index contributed by atoms with van der Waals surface area (Å²) in [5.41, 5.74) is 3.58. The van der Waals surface area contributed by atoms with Gasteiger partial charge in [0.1, 0.15) is 11.2 Å². The van der Waals surface area contributed by atoms with Gasteiger partial charge in [0.05, 0.1) is 13.2 Å². The highest BCUT2D eigenvalue weighted by Crippen LogP contribution is 2.37. The van der Waals surface area contributed by atoms with E-state index in [4.69, 9.17) is 4.74 Å². The van der Waals surface area contributed by atoms with E-state index in [1.807, 2.05) is 30.3 Å². The molecule has 29 heavy (non-hydrogen) atoms. The maximum atomic E-state index is 12.4. The lowest BCUT2D eigenvalue weighted by molar-refractivity contribution is -0.163. The van der Waals surface area contributed by atoms with Crippen LogP contribution in [0.3, 0.4) is 0 Å². The molecule has 2 aliphatic rings. The number of fused-ring (bicyclic) bond motifs is 1. The van der Waals surface area contributed by atoms with E-state index < -0.39 is 17.5 Å². The van der Waals surface area contributed by atoms with E-state index >= 15 is 0 Å². The van der Waals surface area contributed by atoms with Gasteiger partial charge in [0.25, 0.3) is 0 Å². The molecule has 4 rings (SSSR count). The molecule has 0 amide bonds. The minimum atomic E-state index is -1.20. The summed E-state index contributed by atoms with van der Waals surface area (Å²) in [5, 5.41) is 20.9. The lowest BCUT2D eigenvalue weighted by Gasteiger charge is -2.43. The van der Waals surface area contributed by atoms with Gasteiger partial charge in [-0.05, 0) is 54.9 Å². The molecule has 2 aromatic carbocycles. The molecule has 154 valence electrons. The Labute approximate surface area is 171 Å². The van der Waals surface area contributed by atoms with Crippen LogP contribution in [0.25, 0.3) is 0 Å². The summed E-state index contributed by atoms with van der Waals surface area (Å²) >= 11 is 0. The molecular weight excluding hydrogens is 366 g/mol. The predicted molar refractivity (Wildman–Crippen MR) is 111 cm³/mol. The first-order valence-electron chi connectivity index (χ1n) is 10.4. The van der Waals surface area contributed by atoms with Crippen molar-refractivity contribution in [1.82, 2.24) is 4.90 Å². The number of aliphatic hydroxyl groups excluding tert-OH is 1. The van der Waals surface area contributed by atoms with Gasteiger partial charge < -0.3 is 14.9 Å². The highest BCUT2D eigenvalue weighted by atomic mass is 16.5. The highest BCUT2D eigenvalue weighted by Gasteiger charge is 2.49. The molecule has 0 spiro atoms. The average molecular weight is 395 g/mol. The predicted octanol–water partition coefficient (Wildman–Crippen LogP) is 3.06. The van der Waals surface area contributed by atoms with Crippen molar-refractivity contribution in [1.29, 1.82) is 0 Å². The molecule has 5 heteroatoms. The van der Waals surface area contributed by atoms with Crippen LogP contribution in [0.15, 0.2) is 42.5 Å². The Hall–Kier alpha value is -2.37. The quantitative estimate of drug-likeness (QED) is 0.787. The second kappa shape index (κ2) is 8.17. The van der Waals surface area contributed by atoms with Crippen LogP contribution in [0.4, 0.5) is 0 Å². The summed E-state index contributed by atoms with van der Waals surface area (Å²) < 4.78 is 5.64. The van der Waals surface area contributed by atoms with Gasteiger partial charge in [-0.2, -0.15) is 0 Å². The standard InChI is InChI=1S/C24H29NO4/c1-29-21-13-19-9-5-8-18(19)12-20(21)15-25-11-10-22(26)24(16-25,23(27)28)14-17-6-3-2-4-7-17/h2-4,6-7,12-13,22,26H,5,8-11,14-16H2,1H3,(H,27,28)/t22-,24+/m0/s1. The van der Waals surface area contributed by atoms with Crippen LogP contribution >= 0.6 is 0 Å². The number of hydrogen-bond acceptors (Lipinski definition) is 4. The van der Waals surface area contributed by atoms with Gasteiger partial charge in [-0.3, -0.25) is 9.69 Å². The normalized spacial score (nSPS) is 24.3. The fourth-order valence-electron chi connectivity index (χ4n) is 4.93. The number of carboxylic acid groups (broad SMARTS) is 1. The third-order valence-electron chi connectivity index (χ3n) is 6.54. The van der Waals surface area contributed by atoms with E-state index in [1.165, 1.54) is 17.5 Å². The number of carboxylic acids is 1. The molecule has 5 nitrogen and oxygen atoms in total. The molecule has 2 N–H and O–H groups in total. The molecule has 0 saturated carbocycles. The maximum Gasteiger partial charge on any atom is 0.313 e. The van der Waals surface area contributed by atoms with E-state index in [1.54, 1.807) is 7.11 Å². The molecule has 2 aromatic rings. The number of carbonyl (C=O) groups is 1. The van der Waals surface area contributed by atoms with Gasteiger partial charge in [-0.1, -0.05) is 36.4 Å². The molecule has 1 aliphatic heterocycles. The smallest absolute Gasteiger partial charge is 0.313 e. The molecule has 1 aliphatic carbocycles. The van der Waals surface area contributed by atoms with Crippen LogP contribution in [-0.2, 0) is 30.6 Å². The number of nitrogens with zero attached hydrogens (tertiary/aromatic N) is 1. The molecule has 1 heterocycles. The number of likely N-dealkylation sites (tertiary alicyclic amines) is 1. The Balaban J connectivity index is 1.59. The zero-order valence-corrected chi connectivity index (χ0v) is 16.9. The van der Waals surface area contributed by atoms with Crippen molar-refractivity contribution in [2.45, 2.75) is 44.8 Å². The highest BCUT2D eigenvalue weighted by molar-refractivity contribution is 5.76. The van der Waals surface area contributed by atoms with Crippen molar-refractivity contribution < 1.29 is 19.7 Å². The Kier molecular flexibility index (Phi) is 5.61. The van der Waals surface area contributed by atoms with Crippen LogP contribution in [0.2, 0.25) is 0 Å². The van der Waals surface area contributed by atoms with Crippen molar-refractivity contribution in [2.75, 3.05) is 20.2 Å². The number of benzene rings is 2.